The Hall–Kier alpha value is -2.38. The average molecular weight is 321 g/mol. The predicted octanol–water partition coefficient (Wildman–Crippen LogP) is -0.605. The summed E-state index contributed by atoms with van der Waals surface area (Å²) in [5.74, 6) is -0.855. The molecular weight excluding hydrogens is 298 g/mol. The largest absolute Gasteiger partial charge is 0.359 e. The van der Waals surface area contributed by atoms with Crippen LogP contribution >= 0.6 is 0 Å². The summed E-state index contributed by atoms with van der Waals surface area (Å²) in [5.41, 5.74) is 1.18. The van der Waals surface area contributed by atoms with Gasteiger partial charge in [-0.3, -0.25) is 19.1 Å². The van der Waals surface area contributed by atoms with Crippen molar-refractivity contribution < 1.29 is 14.4 Å². The zero-order chi connectivity index (χ0) is 17.1. The van der Waals surface area contributed by atoms with E-state index >= 15 is 0 Å². The number of nitrogens with zero attached hydrogens (tertiary/aromatic N) is 4. The fourth-order valence-electron chi connectivity index (χ4n) is 2.83. The molecule has 8 nitrogen and oxygen atoms in total. The van der Waals surface area contributed by atoms with Crippen LogP contribution in [0.5, 0.6) is 0 Å². The van der Waals surface area contributed by atoms with E-state index in [1.54, 1.807) is 41.7 Å². The maximum Gasteiger partial charge on any atom is 0.257 e. The van der Waals surface area contributed by atoms with E-state index in [1.165, 1.54) is 6.92 Å². The molecule has 0 aliphatic carbocycles. The summed E-state index contributed by atoms with van der Waals surface area (Å²) >= 11 is 0. The van der Waals surface area contributed by atoms with Gasteiger partial charge in [0.25, 0.3) is 5.91 Å². The molecule has 1 aromatic rings. The second-order valence-electron chi connectivity index (χ2n) is 5.83. The van der Waals surface area contributed by atoms with Crippen LogP contribution in [0.15, 0.2) is 6.20 Å². The van der Waals surface area contributed by atoms with Gasteiger partial charge in [0.2, 0.25) is 11.8 Å². The Morgan fingerprint density at radius 2 is 1.83 bits per heavy atom. The Kier molecular flexibility index (Phi) is 5.02. The number of rotatable bonds is 2. The van der Waals surface area contributed by atoms with Gasteiger partial charge in [-0.1, -0.05) is 0 Å². The highest BCUT2D eigenvalue weighted by atomic mass is 16.2. The van der Waals surface area contributed by atoms with Crippen molar-refractivity contribution in [2.75, 3.05) is 33.2 Å². The summed E-state index contributed by atoms with van der Waals surface area (Å²) in [6.07, 6.45) is 1.68. The van der Waals surface area contributed by atoms with Gasteiger partial charge in [-0.15, -0.1) is 0 Å². The molecule has 1 saturated heterocycles. The maximum atomic E-state index is 12.8. The van der Waals surface area contributed by atoms with E-state index in [4.69, 9.17) is 0 Å². The molecule has 1 unspecified atom stereocenters. The Morgan fingerprint density at radius 1 is 1.22 bits per heavy atom. The number of aryl methyl sites for hydroxylation is 2. The molecule has 2 rings (SSSR count). The SMILES string of the molecule is CNC(=O)C1CN(C(C)=O)CCN(C(=O)c2cn(C)nc2C)C1. The highest BCUT2D eigenvalue weighted by Crippen LogP contribution is 2.15. The molecule has 0 bridgehead atoms. The van der Waals surface area contributed by atoms with Gasteiger partial charge in [-0.2, -0.15) is 5.10 Å². The van der Waals surface area contributed by atoms with Gasteiger partial charge in [0.15, 0.2) is 0 Å². The van der Waals surface area contributed by atoms with Crippen molar-refractivity contribution in [3.8, 4) is 0 Å². The zero-order valence-corrected chi connectivity index (χ0v) is 14.0. The molecule has 1 fully saturated rings. The van der Waals surface area contributed by atoms with Crippen molar-refractivity contribution in [3.63, 3.8) is 0 Å². The maximum absolute atomic E-state index is 12.8. The topological polar surface area (TPSA) is 87.5 Å². The van der Waals surface area contributed by atoms with E-state index < -0.39 is 5.92 Å². The molecule has 0 radical (unpaired) electrons. The van der Waals surface area contributed by atoms with E-state index in [9.17, 15) is 14.4 Å². The van der Waals surface area contributed by atoms with Crippen molar-refractivity contribution >= 4 is 17.7 Å². The lowest BCUT2D eigenvalue weighted by Crippen LogP contribution is -2.42. The molecule has 2 heterocycles. The van der Waals surface area contributed by atoms with Gasteiger partial charge in [-0.05, 0) is 6.92 Å². The van der Waals surface area contributed by atoms with Crippen LogP contribution in [0.1, 0.15) is 23.0 Å². The predicted molar refractivity (Wildman–Crippen MR) is 83.7 cm³/mol. The molecule has 1 atom stereocenters. The van der Waals surface area contributed by atoms with Gasteiger partial charge < -0.3 is 15.1 Å². The van der Waals surface area contributed by atoms with Crippen LogP contribution in [0.25, 0.3) is 0 Å². The van der Waals surface area contributed by atoms with E-state index in [-0.39, 0.29) is 24.3 Å². The van der Waals surface area contributed by atoms with Crippen molar-refractivity contribution in [3.05, 3.63) is 17.5 Å². The first-order valence-electron chi connectivity index (χ1n) is 7.60. The fraction of sp³-hybridized carbons (Fsp3) is 0.600. The number of carbonyl (C=O) groups excluding carboxylic acids is 3. The van der Waals surface area contributed by atoms with Crippen LogP contribution in [-0.4, -0.2) is 70.5 Å². The minimum Gasteiger partial charge on any atom is -0.359 e. The number of carbonyl (C=O) groups is 3. The first kappa shape index (κ1) is 17.0. The van der Waals surface area contributed by atoms with Crippen molar-refractivity contribution in [2.45, 2.75) is 13.8 Å². The van der Waals surface area contributed by atoms with Gasteiger partial charge in [0.05, 0.1) is 17.2 Å². The lowest BCUT2D eigenvalue weighted by Gasteiger charge is -2.23. The number of amides is 3. The summed E-state index contributed by atoms with van der Waals surface area (Å²) in [7, 11) is 3.32. The molecule has 126 valence electrons. The van der Waals surface area contributed by atoms with Gasteiger partial charge in [-0.25, -0.2) is 0 Å². The second-order valence-corrected chi connectivity index (χ2v) is 5.83. The lowest BCUT2D eigenvalue weighted by molar-refractivity contribution is -0.130. The third-order valence-electron chi connectivity index (χ3n) is 4.11. The van der Waals surface area contributed by atoms with Crippen molar-refractivity contribution in [1.82, 2.24) is 24.9 Å². The van der Waals surface area contributed by atoms with Crippen molar-refractivity contribution in [1.29, 1.82) is 0 Å². The van der Waals surface area contributed by atoms with Gasteiger partial charge >= 0.3 is 0 Å². The van der Waals surface area contributed by atoms with E-state index in [2.05, 4.69) is 10.4 Å². The summed E-state index contributed by atoms with van der Waals surface area (Å²) in [6.45, 7) is 4.70. The first-order chi connectivity index (χ1) is 10.8. The Bertz CT molecular complexity index is 625. The molecule has 8 heteroatoms. The van der Waals surface area contributed by atoms with E-state index in [0.717, 1.165) is 0 Å². The quantitative estimate of drug-likeness (QED) is 0.787. The second kappa shape index (κ2) is 6.80. The molecule has 23 heavy (non-hydrogen) atoms. The normalized spacial score (nSPS) is 18.5. The molecule has 1 N–H and O–H groups in total. The summed E-state index contributed by atoms with van der Waals surface area (Å²) in [4.78, 5) is 39.8. The Balaban J connectivity index is 2.24. The highest BCUT2D eigenvalue weighted by Gasteiger charge is 2.31. The minimum absolute atomic E-state index is 0.0919. The van der Waals surface area contributed by atoms with Crippen LogP contribution in [0, 0.1) is 12.8 Å². The summed E-state index contributed by atoms with van der Waals surface area (Å²) in [5, 5.41) is 6.79. The number of nitrogens with one attached hydrogen (secondary N) is 1. The summed E-state index contributed by atoms with van der Waals surface area (Å²) in [6, 6.07) is 0. The third kappa shape index (κ3) is 3.69. The highest BCUT2D eigenvalue weighted by molar-refractivity contribution is 5.95. The smallest absolute Gasteiger partial charge is 0.257 e. The fourth-order valence-corrected chi connectivity index (χ4v) is 2.83. The molecule has 0 aromatic carbocycles. The number of hydrogen-bond donors (Lipinski definition) is 1. The van der Waals surface area contributed by atoms with Crippen molar-refractivity contribution in [2.24, 2.45) is 13.0 Å². The molecule has 0 spiro atoms. The molecule has 1 aliphatic rings. The minimum atomic E-state index is -0.438. The lowest BCUT2D eigenvalue weighted by atomic mass is 10.1. The summed E-state index contributed by atoms with van der Waals surface area (Å²) < 4.78 is 1.60. The molecule has 1 aromatic heterocycles. The average Bonchev–Trinajstić information content (AvgIpc) is 2.73. The monoisotopic (exact) mass is 321 g/mol. The van der Waals surface area contributed by atoms with Gasteiger partial charge in [0, 0.05) is 53.4 Å². The van der Waals surface area contributed by atoms with Crippen LogP contribution < -0.4 is 5.32 Å². The van der Waals surface area contributed by atoms with Crippen LogP contribution in [0.2, 0.25) is 0 Å². The standard InChI is InChI=1S/C15H23N5O3/c1-10-13(9-18(4)17-10)15(23)20-6-5-19(11(2)21)7-12(8-20)14(22)16-3/h9,12H,5-8H2,1-4H3,(H,16,22). The van der Waals surface area contributed by atoms with Crippen LogP contribution in [-0.2, 0) is 16.6 Å². The Labute approximate surface area is 135 Å². The molecular formula is C15H23N5O3. The zero-order valence-electron chi connectivity index (χ0n) is 14.0. The molecule has 1 aliphatic heterocycles. The van der Waals surface area contributed by atoms with Crippen LogP contribution in [0.3, 0.4) is 0 Å². The first-order valence-corrected chi connectivity index (χ1v) is 7.60. The molecule has 0 saturated carbocycles. The molecule has 3 amide bonds. The number of aromatic nitrogens is 2. The third-order valence-corrected chi connectivity index (χ3v) is 4.11. The Morgan fingerprint density at radius 3 is 2.35 bits per heavy atom. The van der Waals surface area contributed by atoms with E-state index in [1.807, 2.05) is 0 Å². The van der Waals surface area contributed by atoms with E-state index in [0.29, 0.717) is 30.9 Å². The number of hydrogen-bond acceptors (Lipinski definition) is 4. The van der Waals surface area contributed by atoms with Gasteiger partial charge in [0.1, 0.15) is 0 Å². The van der Waals surface area contributed by atoms with Crippen LogP contribution in [0.4, 0.5) is 0 Å².